The minimum absolute atomic E-state index is 0.0417. The molecule has 0 bridgehead atoms. The van der Waals surface area contributed by atoms with Crippen LogP contribution in [0.3, 0.4) is 0 Å². The molecule has 102 valence electrons. The van der Waals surface area contributed by atoms with Crippen molar-refractivity contribution in [3.63, 3.8) is 0 Å². The predicted octanol–water partition coefficient (Wildman–Crippen LogP) is 3.05. The Bertz CT molecular complexity index is 633. The number of carbonyl (C=O) groups excluding carboxylic acids is 1. The molecule has 3 rings (SSSR count). The molecule has 2 aromatic rings. The first kappa shape index (κ1) is 12.9. The highest BCUT2D eigenvalue weighted by molar-refractivity contribution is 5.72. The maximum absolute atomic E-state index is 11.2. The molecule has 0 radical (unpaired) electrons. The lowest BCUT2D eigenvalue weighted by Gasteiger charge is -2.18. The molecule has 1 aliphatic rings. The molecule has 0 saturated heterocycles. The lowest BCUT2D eigenvalue weighted by Crippen LogP contribution is -2.27. The fourth-order valence-electron chi connectivity index (χ4n) is 3.05. The summed E-state index contributed by atoms with van der Waals surface area (Å²) in [6.45, 7) is 2.29. The van der Waals surface area contributed by atoms with E-state index >= 15 is 0 Å². The second-order valence-corrected chi connectivity index (χ2v) is 5.48. The molecule has 1 atom stereocenters. The number of benzene rings is 2. The average Bonchev–Trinajstić information content (AvgIpc) is 2.61. The Morgan fingerprint density at radius 2 is 1.70 bits per heavy atom. The highest BCUT2D eigenvalue weighted by Gasteiger charge is 2.21. The molecule has 0 aromatic heterocycles. The van der Waals surface area contributed by atoms with Crippen molar-refractivity contribution in [3.8, 4) is 0 Å². The van der Waals surface area contributed by atoms with E-state index in [-0.39, 0.29) is 5.91 Å². The van der Waals surface area contributed by atoms with Crippen molar-refractivity contribution >= 4 is 5.91 Å². The number of fused-ring (bicyclic) bond motifs is 2. The fourth-order valence-corrected chi connectivity index (χ4v) is 3.05. The molecule has 0 saturated carbocycles. The molecule has 2 nitrogen and oxygen atoms in total. The van der Waals surface area contributed by atoms with Crippen LogP contribution in [0.25, 0.3) is 0 Å². The number of hydrogen-bond acceptors (Lipinski definition) is 1. The van der Waals surface area contributed by atoms with Crippen molar-refractivity contribution in [1.29, 1.82) is 0 Å². The Morgan fingerprint density at radius 3 is 2.45 bits per heavy atom. The molecule has 0 unspecified atom stereocenters. The van der Waals surface area contributed by atoms with E-state index in [0.717, 1.165) is 12.8 Å². The Balaban J connectivity index is 1.99. The van der Waals surface area contributed by atoms with E-state index in [2.05, 4.69) is 53.8 Å². The highest BCUT2D eigenvalue weighted by atomic mass is 16.1. The van der Waals surface area contributed by atoms with Crippen molar-refractivity contribution in [3.05, 3.63) is 70.8 Å². The monoisotopic (exact) mass is 265 g/mol. The molecule has 0 aliphatic heterocycles. The van der Waals surface area contributed by atoms with E-state index in [0.29, 0.717) is 12.5 Å². The standard InChI is InChI=1S/C18H19NO/c1-13(20)19-12-17-11-15-7-3-2-6-14(15)10-16-8-4-5-9-18(16)17/h2-9,17H,10-12H2,1H3,(H,19,20)/t17-/m1/s1. The zero-order chi connectivity index (χ0) is 13.9. The summed E-state index contributed by atoms with van der Waals surface area (Å²) in [6, 6.07) is 17.2. The summed E-state index contributed by atoms with van der Waals surface area (Å²) in [5.41, 5.74) is 5.56. The summed E-state index contributed by atoms with van der Waals surface area (Å²) in [4.78, 5) is 11.2. The molecule has 2 aromatic carbocycles. The topological polar surface area (TPSA) is 29.1 Å². The van der Waals surface area contributed by atoms with E-state index < -0.39 is 0 Å². The molecule has 2 heteroatoms. The van der Waals surface area contributed by atoms with E-state index in [1.54, 1.807) is 6.92 Å². The lowest BCUT2D eigenvalue weighted by molar-refractivity contribution is -0.119. The van der Waals surface area contributed by atoms with Crippen LogP contribution in [0.4, 0.5) is 0 Å². The maximum Gasteiger partial charge on any atom is 0.216 e. The SMILES string of the molecule is CC(=O)NC[C@H]1Cc2ccccc2Cc2ccccc21. The molecule has 20 heavy (non-hydrogen) atoms. The second kappa shape index (κ2) is 5.49. The Kier molecular flexibility index (Phi) is 3.55. The summed E-state index contributed by atoms with van der Waals surface area (Å²) in [6.07, 6.45) is 1.98. The summed E-state index contributed by atoms with van der Waals surface area (Å²) >= 11 is 0. The predicted molar refractivity (Wildman–Crippen MR) is 80.8 cm³/mol. The van der Waals surface area contributed by atoms with Gasteiger partial charge in [-0.25, -0.2) is 0 Å². The van der Waals surface area contributed by atoms with Gasteiger partial charge in [0, 0.05) is 19.4 Å². The van der Waals surface area contributed by atoms with Gasteiger partial charge >= 0.3 is 0 Å². The van der Waals surface area contributed by atoms with Crippen LogP contribution >= 0.6 is 0 Å². The lowest BCUT2D eigenvalue weighted by atomic mass is 9.91. The van der Waals surface area contributed by atoms with Crippen molar-refractivity contribution in [1.82, 2.24) is 5.32 Å². The van der Waals surface area contributed by atoms with E-state index in [1.165, 1.54) is 22.3 Å². The number of rotatable bonds is 2. The summed E-state index contributed by atoms with van der Waals surface area (Å²) in [5, 5.41) is 2.98. The molecule has 0 spiro atoms. The normalized spacial score (nSPS) is 16.8. The number of carbonyl (C=O) groups is 1. The van der Waals surface area contributed by atoms with Gasteiger partial charge in [-0.1, -0.05) is 48.5 Å². The third kappa shape index (κ3) is 2.60. The van der Waals surface area contributed by atoms with Gasteiger partial charge in [0.15, 0.2) is 0 Å². The molecule has 1 aliphatic carbocycles. The van der Waals surface area contributed by atoms with Crippen molar-refractivity contribution in [2.75, 3.05) is 6.54 Å². The zero-order valence-corrected chi connectivity index (χ0v) is 11.7. The van der Waals surface area contributed by atoms with Crippen LogP contribution in [-0.2, 0) is 17.6 Å². The summed E-state index contributed by atoms with van der Waals surface area (Å²) < 4.78 is 0. The average molecular weight is 265 g/mol. The van der Waals surface area contributed by atoms with Crippen LogP contribution < -0.4 is 5.32 Å². The van der Waals surface area contributed by atoms with Crippen LogP contribution in [0, 0.1) is 0 Å². The molecular formula is C18H19NO. The number of nitrogens with one attached hydrogen (secondary N) is 1. The highest BCUT2D eigenvalue weighted by Crippen LogP contribution is 2.31. The number of hydrogen-bond donors (Lipinski definition) is 1. The van der Waals surface area contributed by atoms with Gasteiger partial charge in [-0.05, 0) is 35.1 Å². The zero-order valence-electron chi connectivity index (χ0n) is 11.7. The van der Waals surface area contributed by atoms with Crippen LogP contribution in [0.15, 0.2) is 48.5 Å². The third-order valence-corrected chi connectivity index (χ3v) is 4.06. The molecule has 1 amide bonds. The molecular weight excluding hydrogens is 246 g/mol. The largest absolute Gasteiger partial charge is 0.356 e. The summed E-state index contributed by atoms with van der Waals surface area (Å²) in [7, 11) is 0. The van der Waals surface area contributed by atoms with Crippen molar-refractivity contribution < 1.29 is 4.79 Å². The fraction of sp³-hybridized carbons (Fsp3) is 0.278. The van der Waals surface area contributed by atoms with Crippen molar-refractivity contribution in [2.24, 2.45) is 0 Å². The van der Waals surface area contributed by atoms with Crippen LogP contribution in [0.1, 0.15) is 35.1 Å². The van der Waals surface area contributed by atoms with Gasteiger partial charge in [0.25, 0.3) is 0 Å². The van der Waals surface area contributed by atoms with Crippen LogP contribution in [0.2, 0.25) is 0 Å². The van der Waals surface area contributed by atoms with Gasteiger partial charge in [0.1, 0.15) is 0 Å². The van der Waals surface area contributed by atoms with Gasteiger partial charge in [-0.15, -0.1) is 0 Å². The van der Waals surface area contributed by atoms with Crippen molar-refractivity contribution in [2.45, 2.75) is 25.7 Å². The van der Waals surface area contributed by atoms with E-state index in [9.17, 15) is 4.79 Å². The van der Waals surface area contributed by atoms with Gasteiger partial charge in [0.05, 0.1) is 0 Å². The second-order valence-electron chi connectivity index (χ2n) is 5.48. The smallest absolute Gasteiger partial charge is 0.216 e. The Labute approximate surface area is 119 Å². The van der Waals surface area contributed by atoms with Gasteiger partial charge in [-0.2, -0.15) is 0 Å². The number of amides is 1. The molecule has 0 fully saturated rings. The minimum Gasteiger partial charge on any atom is -0.356 e. The first-order chi connectivity index (χ1) is 9.74. The first-order valence-electron chi connectivity index (χ1n) is 7.13. The van der Waals surface area contributed by atoms with Crippen LogP contribution in [-0.4, -0.2) is 12.5 Å². The van der Waals surface area contributed by atoms with E-state index in [1.807, 2.05) is 0 Å². The maximum atomic E-state index is 11.2. The van der Waals surface area contributed by atoms with Gasteiger partial charge < -0.3 is 5.32 Å². The van der Waals surface area contributed by atoms with Gasteiger partial charge in [-0.3, -0.25) is 4.79 Å². The minimum atomic E-state index is 0.0417. The summed E-state index contributed by atoms with van der Waals surface area (Å²) in [5.74, 6) is 0.402. The quantitative estimate of drug-likeness (QED) is 0.888. The molecule has 0 heterocycles. The Hall–Kier alpha value is -2.09. The third-order valence-electron chi connectivity index (χ3n) is 4.06. The Morgan fingerprint density at radius 1 is 1.05 bits per heavy atom. The van der Waals surface area contributed by atoms with E-state index in [4.69, 9.17) is 0 Å². The van der Waals surface area contributed by atoms with Gasteiger partial charge in [0.2, 0.25) is 5.91 Å². The first-order valence-corrected chi connectivity index (χ1v) is 7.13. The van der Waals surface area contributed by atoms with Crippen LogP contribution in [0.5, 0.6) is 0 Å². The molecule has 1 N–H and O–H groups in total.